The lowest BCUT2D eigenvalue weighted by Gasteiger charge is -2.24. The number of hydrogen-bond donors (Lipinski definition) is 0. The number of aromatic nitrogens is 1. The molecule has 0 aliphatic carbocycles. The van der Waals surface area contributed by atoms with E-state index in [0.29, 0.717) is 24.1 Å². The molecule has 0 bridgehead atoms. The lowest BCUT2D eigenvalue weighted by Crippen LogP contribution is -2.38. The van der Waals surface area contributed by atoms with Crippen molar-refractivity contribution in [3.63, 3.8) is 0 Å². The molecule has 0 unspecified atom stereocenters. The summed E-state index contributed by atoms with van der Waals surface area (Å²) in [5.74, 6) is 0.518. The molecular weight excluding hydrogens is 290 g/mol. The Kier molecular flexibility index (Phi) is 4.85. The summed E-state index contributed by atoms with van der Waals surface area (Å²) in [5.41, 5.74) is 1.46. The van der Waals surface area contributed by atoms with Gasteiger partial charge in [0, 0.05) is 24.3 Å². The molecular formula is C18H27N3O2. The summed E-state index contributed by atoms with van der Waals surface area (Å²) in [5, 5.41) is 0. The Morgan fingerprint density at radius 1 is 1.35 bits per heavy atom. The highest BCUT2D eigenvalue weighted by Gasteiger charge is 2.37. The van der Waals surface area contributed by atoms with Gasteiger partial charge in [-0.1, -0.05) is 0 Å². The number of pyridine rings is 1. The summed E-state index contributed by atoms with van der Waals surface area (Å²) in [6.45, 7) is 9.67. The third kappa shape index (κ3) is 3.34. The highest BCUT2D eigenvalue weighted by atomic mass is 16.5. The minimum absolute atomic E-state index is 0.0511. The van der Waals surface area contributed by atoms with Crippen molar-refractivity contribution >= 4 is 5.91 Å². The van der Waals surface area contributed by atoms with E-state index in [-0.39, 0.29) is 11.9 Å². The van der Waals surface area contributed by atoms with Gasteiger partial charge in [0.1, 0.15) is 5.56 Å². The molecule has 2 atom stereocenters. The topological polar surface area (TPSA) is 45.7 Å². The van der Waals surface area contributed by atoms with Crippen LogP contribution >= 0.6 is 0 Å². The zero-order valence-electron chi connectivity index (χ0n) is 14.4. The molecule has 5 nitrogen and oxygen atoms in total. The van der Waals surface area contributed by atoms with Gasteiger partial charge in [0.2, 0.25) is 5.88 Å². The Labute approximate surface area is 138 Å². The van der Waals surface area contributed by atoms with E-state index < -0.39 is 0 Å². The molecule has 0 saturated carbocycles. The molecule has 2 aliphatic heterocycles. The number of carbonyl (C=O) groups is 1. The number of ether oxygens (including phenoxy) is 1. The van der Waals surface area contributed by atoms with Gasteiger partial charge in [-0.3, -0.25) is 9.69 Å². The van der Waals surface area contributed by atoms with Gasteiger partial charge in [-0.25, -0.2) is 4.98 Å². The highest BCUT2D eigenvalue weighted by Crippen LogP contribution is 2.28. The van der Waals surface area contributed by atoms with E-state index in [1.807, 2.05) is 30.9 Å². The van der Waals surface area contributed by atoms with Gasteiger partial charge in [0.15, 0.2) is 0 Å². The van der Waals surface area contributed by atoms with E-state index in [2.05, 4.69) is 16.8 Å². The summed E-state index contributed by atoms with van der Waals surface area (Å²) < 4.78 is 5.59. The number of hydrogen-bond acceptors (Lipinski definition) is 4. The Morgan fingerprint density at radius 2 is 2.09 bits per heavy atom. The minimum Gasteiger partial charge on any atom is -0.477 e. The maximum Gasteiger partial charge on any atom is 0.259 e. The van der Waals surface area contributed by atoms with Crippen LogP contribution in [0.2, 0.25) is 0 Å². The number of aryl methyl sites for hydroxylation is 1. The van der Waals surface area contributed by atoms with E-state index in [9.17, 15) is 4.79 Å². The van der Waals surface area contributed by atoms with Crippen LogP contribution in [0.4, 0.5) is 0 Å². The first-order valence-corrected chi connectivity index (χ1v) is 8.75. The zero-order chi connectivity index (χ0) is 16.4. The highest BCUT2D eigenvalue weighted by molar-refractivity contribution is 5.96. The lowest BCUT2D eigenvalue weighted by atomic mass is 10.1. The molecule has 0 aromatic carbocycles. The summed E-state index contributed by atoms with van der Waals surface area (Å²) in [7, 11) is 0. The van der Waals surface area contributed by atoms with Crippen LogP contribution in [0.3, 0.4) is 0 Å². The fourth-order valence-electron chi connectivity index (χ4n) is 3.75. The minimum atomic E-state index is 0.0511. The summed E-state index contributed by atoms with van der Waals surface area (Å²) in [6.07, 6.45) is 3.64. The van der Waals surface area contributed by atoms with E-state index >= 15 is 0 Å². The lowest BCUT2D eigenvalue weighted by molar-refractivity contribution is 0.0732. The molecule has 1 amide bonds. The summed E-state index contributed by atoms with van der Waals surface area (Å²) >= 11 is 0. The molecule has 0 radical (unpaired) electrons. The molecule has 1 aromatic heterocycles. The number of carbonyl (C=O) groups excluding carboxylic acids is 1. The second kappa shape index (κ2) is 6.87. The van der Waals surface area contributed by atoms with E-state index in [4.69, 9.17) is 4.74 Å². The van der Waals surface area contributed by atoms with Crippen molar-refractivity contribution in [3.05, 3.63) is 23.4 Å². The van der Waals surface area contributed by atoms with Crippen LogP contribution in [0.15, 0.2) is 12.1 Å². The van der Waals surface area contributed by atoms with E-state index in [1.165, 1.54) is 25.9 Å². The molecule has 126 valence electrons. The van der Waals surface area contributed by atoms with E-state index in [1.54, 1.807) is 0 Å². The number of amides is 1. The molecule has 3 heterocycles. The molecule has 2 saturated heterocycles. The van der Waals surface area contributed by atoms with Crippen molar-refractivity contribution in [3.8, 4) is 5.88 Å². The van der Waals surface area contributed by atoms with Crippen LogP contribution in [0.1, 0.15) is 49.2 Å². The second-order valence-electron chi connectivity index (χ2n) is 6.68. The van der Waals surface area contributed by atoms with Gasteiger partial charge in [0.05, 0.1) is 6.61 Å². The van der Waals surface area contributed by atoms with Crippen LogP contribution in [-0.2, 0) is 0 Å². The van der Waals surface area contributed by atoms with E-state index in [0.717, 1.165) is 18.7 Å². The van der Waals surface area contributed by atoms with Crippen molar-refractivity contribution in [2.45, 2.75) is 52.1 Å². The zero-order valence-corrected chi connectivity index (χ0v) is 14.4. The predicted molar refractivity (Wildman–Crippen MR) is 89.9 cm³/mol. The molecule has 2 fully saturated rings. The number of nitrogens with zero attached hydrogens (tertiary/aromatic N) is 3. The van der Waals surface area contributed by atoms with Gasteiger partial charge >= 0.3 is 0 Å². The van der Waals surface area contributed by atoms with Crippen LogP contribution in [0.25, 0.3) is 0 Å². The smallest absolute Gasteiger partial charge is 0.259 e. The number of rotatable bonds is 4. The van der Waals surface area contributed by atoms with Crippen LogP contribution in [0, 0.1) is 6.92 Å². The average Bonchev–Trinajstić information content (AvgIpc) is 3.16. The Balaban J connectivity index is 1.77. The van der Waals surface area contributed by atoms with Gasteiger partial charge in [0.25, 0.3) is 5.91 Å². The Morgan fingerprint density at radius 3 is 2.78 bits per heavy atom. The second-order valence-corrected chi connectivity index (χ2v) is 6.68. The fourth-order valence-corrected chi connectivity index (χ4v) is 3.75. The molecule has 5 heteroatoms. The van der Waals surface area contributed by atoms with Gasteiger partial charge in [-0.15, -0.1) is 0 Å². The standard InChI is InChI=1S/C18H27N3O2/c1-4-23-17-16(8-7-13(2)19-17)18(22)21-12-15(11-14(21)3)20-9-5-6-10-20/h7-8,14-15H,4-6,9-12H2,1-3H3/t14-,15+/m0/s1. The van der Waals surface area contributed by atoms with Crippen molar-refractivity contribution in [2.75, 3.05) is 26.2 Å². The quantitative estimate of drug-likeness (QED) is 0.856. The van der Waals surface area contributed by atoms with Crippen LogP contribution in [0.5, 0.6) is 5.88 Å². The average molecular weight is 317 g/mol. The van der Waals surface area contributed by atoms with Crippen LogP contribution in [-0.4, -0.2) is 59.0 Å². The Hall–Kier alpha value is -1.62. The van der Waals surface area contributed by atoms with Crippen molar-refractivity contribution in [1.29, 1.82) is 0 Å². The van der Waals surface area contributed by atoms with Gasteiger partial charge < -0.3 is 9.64 Å². The summed E-state index contributed by atoms with van der Waals surface area (Å²) in [6, 6.07) is 4.51. The largest absolute Gasteiger partial charge is 0.477 e. The summed E-state index contributed by atoms with van der Waals surface area (Å²) in [4.78, 5) is 21.9. The maximum absolute atomic E-state index is 13.0. The first-order valence-electron chi connectivity index (χ1n) is 8.75. The van der Waals surface area contributed by atoms with Crippen LogP contribution < -0.4 is 4.74 Å². The first kappa shape index (κ1) is 16.2. The third-order valence-corrected chi connectivity index (χ3v) is 4.98. The maximum atomic E-state index is 13.0. The first-order chi connectivity index (χ1) is 11.1. The van der Waals surface area contributed by atoms with Gasteiger partial charge in [-0.2, -0.15) is 0 Å². The predicted octanol–water partition coefficient (Wildman–Crippen LogP) is 2.49. The number of likely N-dealkylation sites (tertiary alicyclic amines) is 2. The monoisotopic (exact) mass is 317 g/mol. The molecule has 0 spiro atoms. The van der Waals surface area contributed by atoms with Gasteiger partial charge in [-0.05, 0) is 65.3 Å². The third-order valence-electron chi connectivity index (χ3n) is 4.98. The molecule has 0 N–H and O–H groups in total. The Bertz CT molecular complexity index is 569. The normalized spacial score (nSPS) is 25.1. The van der Waals surface area contributed by atoms with Crippen molar-refractivity contribution < 1.29 is 9.53 Å². The van der Waals surface area contributed by atoms with Crippen molar-refractivity contribution in [2.24, 2.45) is 0 Å². The van der Waals surface area contributed by atoms with Crippen molar-refractivity contribution in [1.82, 2.24) is 14.8 Å². The molecule has 3 rings (SSSR count). The molecule has 1 aromatic rings. The molecule has 2 aliphatic rings. The molecule has 23 heavy (non-hydrogen) atoms. The SMILES string of the molecule is CCOc1nc(C)ccc1C(=O)N1C[C@H](N2CCCC2)C[C@@H]1C. The fraction of sp³-hybridized carbons (Fsp3) is 0.667.